The molecule has 2 heteroatoms. The standard InChI is InChI=1S/C11H23NS/c1-3-12-11(10-7-8-10)6-5-9-13-4-2/h10-12H,3-9H2,1-2H3. The van der Waals surface area contributed by atoms with Crippen molar-refractivity contribution in [1.82, 2.24) is 5.32 Å². The third kappa shape index (κ3) is 4.92. The summed E-state index contributed by atoms with van der Waals surface area (Å²) in [6.45, 7) is 5.60. The third-order valence-electron chi connectivity index (χ3n) is 2.67. The highest BCUT2D eigenvalue weighted by atomic mass is 32.2. The zero-order valence-corrected chi connectivity index (χ0v) is 9.83. The van der Waals surface area contributed by atoms with E-state index in [0.717, 1.165) is 18.5 Å². The average molecular weight is 201 g/mol. The van der Waals surface area contributed by atoms with Crippen LogP contribution in [-0.2, 0) is 0 Å². The van der Waals surface area contributed by atoms with Crippen LogP contribution < -0.4 is 5.32 Å². The minimum absolute atomic E-state index is 0.836. The molecule has 0 aromatic rings. The number of rotatable bonds is 8. The second-order valence-corrected chi connectivity index (χ2v) is 5.23. The van der Waals surface area contributed by atoms with Crippen molar-refractivity contribution >= 4 is 11.8 Å². The lowest BCUT2D eigenvalue weighted by Gasteiger charge is -2.16. The zero-order chi connectivity index (χ0) is 9.52. The summed E-state index contributed by atoms with van der Waals surface area (Å²) < 4.78 is 0. The largest absolute Gasteiger partial charge is 0.314 e. The Hall–Kier alpha value is 0.310. The van der Waals surface area contributed by atoms with Gasteiger partial charge >= 0.3 is 0 Å². The van der Waals surface area contributed by atoms with Gasteiger partial charge in [0.1, 0.15) is 0 Å². The first-order chi connectivity index (χ1) is 6.38. The minimum Gasteiger partial charge on any atom is -0.314 e. The lowest BCUT2D eigenvalue weighted by atomic mass is 10.1. The van der Waals surface area contributed by atoms with Crippen LogP contribution >= 0.6 is 11.8 Å². The number of hydrogen-bond donors (Lipinski definition) is 1. The van der Waals surface area contributed by atoms with Crippen molar-refractivity contribution in [2.45, 2.75) is 45.6 Å². The lowest BCUT2D eigenvalue weighted by Crippen LogP contribution is -2.30. The molecule has 0 amide bonds. The van der Waals surface area contributed by atoms with Crippen molar-refractivity contribution in [3.8, 4) is 0 Å². The molecule has 0 aliphatic heterocycles. The molecule has 0 aromatic carbocycles. The molecule has 78 valence electrons. The van der Waals surface area contributed by atoms with E-state index in [2.05, 4.69) is 30.9 Å². The van der Waals surface area contributed by atoms with Gasteiger partial charge in [-0.1, -0.05) is 13.8 Å². The van der Waals surface area contributed by atoms with E-state index < -0.39 is 0 Å². The van der Waals surface area contributed by atoms with E-state index in [4.69, 9.17) is 0 Å². The second-order valence-electron chi connectivity index (χ2n) is 3.84. The molecule has 1 nitrogen and oxygen atoms in total. The molecular weight excluding hydrogens is 178 g/mol. The average Bonchev–Trinajstić information content (AvgIpc) is 2.93. The second kappa shape index (κ2) is 6.72. The number of nitrogens with one attached hydrogen (secondary N) is 1. The quantitative estimate of drug-likeness (QED) is 0.606. The summed E-state index contributed by atoms with van der Waals surface area (Å²) in [5, 5.41) is 3.61. The highest BCUT2D eigenvalue weighted by Gasteiger charge is 2.29. The third-order valence-corrected chi connectivity index (χ3v) is 3.65. The van der Waals surface area contributed by atoms with Crippen LogP contribution in [0, 0.1) is 5.92 Å². The van der Waals surface area contributed by atoms with Crippen molar-refractivity contribution < 1.29 is 0 Å². The molecule has 1 rings (SSSR count). The van der Waals surface area contributed by atoms with Gasteiger partial charge in [0, 0.05) is 6.04 Å². The van der Waals surface area contributed by atoms with Crippen molar-refractivity contribution in [2.75, 3.05) is 18.1 Å². The minimum atomic E-state index is 0.836. The Morgan fingerprint density at radius 2 is 2.15 bits per heavy atom. The van der Waals surface area contributed by atoms with Crippen LogP contribution in [0.15, 0.2) is 0 Å². The zero-order valence-electron chi connectivity index (χ0n) is 9.01. The fraction of sp³-hybridized carbons (Fsp3) is 1.00. The van der Waals surface area contributed by atoms with Gasteiger partial charge < -0.3 is 5.32 Å². The van der Waals surface area contributed by atoms with Gasteiger partial charge in [0.05, 0.1) is 0 Å². The van der Waals surface area contributed by atoms with Gasteiger partial charge in [-0.2, -0.15) is 11.8 Å². The first-order valence-corrected chi connectivity index (χ1v) is 6.85. The van der Waals surface area contributed by atoms with Crippen molar-refractivity contribution in [2.24, 2.45) is 5.92 Å². The van der Waals surface area contributed by atoms with Crippen LogP contribution in [-0.4, -0.2) is 24.1 Å². The van der Waals surface area contributed by atoms with E-state index in [9.17, 15) is 0 Å². The van der Waals surface area contributed by atoms with Gasteiger partial charge in [-0.05, 0) is 49.7 Å². The molecule has 1 fully saturated rings. The number of hydrogen-bond acceptors (Lipinski definition) is 2. The van der Waals surface area contributed by atoms with E-state index in [1.165, 1.54) is 37.2 Å². The van der Waals surface area contributed by atoms with Gasteiger partial charge in [0.2, 0.25) is 0 Å². The summed E-state index contributed by atoms with van der Waals surface area (Å²) >= 11 is 2.07. The normalized spacial score (nSPS) is 18.9. The molecule has 13 heavy (non-hydrogen) atoms. The SMILES string of the molecule is CCNC(CCCSCC)C1CC1. The summed E-state index contributed by atoms with van der Waals surface area (Å²) in [7, 11) is 0. The topological polar surface area (TPSA) is 12.0 Å². The van der Waals surface area contributed by atoms with Crippen molar-refractivity contribution in [3.63, 3.8) is 0 Å². The van der Waals surface area contributed by atoms with Gasteiger partial charge in [0.15, 0.2) is 0 Å². The molecule has 0 spiro atoms. The number of thioether (sulfide) groups is 1. The molecule has 0 saturated heterocycles. The molecule has 0 bridgehead atoms. The lowest BCUT2D eigenvalue weighted by molar-refractivity contribution is 0.443. The summed E-state index contributed by atoms with van der Waals surface area (Å²) in [6.07, 6.45) is 5.73. The smallest absolute Gasteiger partial charge is 0.00955 e. The van der Waals surface area contributed by atoms with E-state index in [0.29, 0.717) is 0 Å². The highest BCUT2D eigenvalue weighted by molar-refractivity contribution is 7.99. The molecule has 1 aliphatic carbocycles. The molecule has 1 aliphatic rings. The summed E-state index contributed by atoms with van der Waals surface area (Å²) in [4.78, 5) is 0. The molecule has 1 saturated carbocycles. The predicted molar refractivity (Wildman–Crippen MR) is 62.4 cm³/mol. The molecule has 0 radical (unpaired) electrons. The summed E-state index contributed by atoms with van der Waals surface area (Å²) in [5.74, 6) is 3.65. The van der Waals surface area contributed by atoms with Crippen LogP contribution in [0.4, 0.5) is 0 Å². The summed E-state index contributed by atoms with van der Waals surface area (Å²) in [5.41, 5.74) is 0. The molecule has 1 unspecified atom stereocenters. The van der Waals surface area contributed by atoms with Gasteiger partial charge in [-0.3, -0.25) is 0 Å². The molecule has 0 aromatic heterocycles. The van der Waals surface area contributed by atoms with Crippen LogP contribution in [0.5, 0.6) is 0 Å². The van der Waals surface area contributed by atoms with Gasteiger partial charge in [0.25, 0.3) is 0 Å². The van der Waals surface area contributed by atoms with Crippen LogP contribution in [0.1, 0.15) is 39.5 Å². The van der Waals surface area contributed by atoms with E-state index in [1.807, 2.05) is 0 Å². The maximum atomic E-state index is 3.61. The van der Waals surface area contributed by atoms with E-state index in [-0.39, 0.29) is 0 Å². The molecule has 1 atom stereocenters. The van der Waals surface area contributed by atoms with Gasteiger partial charge in [-0.15, -0.1) is 0 Å². The monoisotopic (exact) mass is 201 g/mol. The Labute approximate surface area is 87.1 Å². The van der Waals surface area contributed by atoms with Crippen LogP contribution in [0.2, 0.25) is 0 Å². The Bertz CT molecular complexity index is 123. The van der Waals surface area contributed by atoms with Gasteiger partial charge in [-0.25, -0.2) is 0 Å². The highest BCUT2D eigenvalue weighted by Crippen LogP contribution is 2.34. The first kappa shape index (κ1) is 11.4. The van der Waals surface area contributed by atoms with Crippen LogP contribution in [0.3, 0.4) is 0 Å². The fourth-order valence-corrected chi connectivity index (χ4v) is 2.47. The maximum Gasteiger partial charge on any atom is 0.00955 e. The van der Waals surface area contributed by atoms with Crippen LogP contribution in [0.25, 0.3) is 0 Å². The van der Waals surface area contributed by atoms with Crippen molar-refractivity contribution in [1.29, 1.82) is 0 Å². The molecule has 0 heterocycles. The summed E-state index contributed by atoms with van der Waals surface area (Å²) in [6, 6.07) is 0.836. The Balaban J connectivity index is 2.00. The van der Waals surface area contributed by atoms with Crippen molar-refractivity contribution in [3.05, 3.63) is 0 Å². The van der Waals surface area contributed by atoms with E-state index >= 15 is 0 Å². The Kier molecular flexibility index (Phi) is 5.88. The molecular formula is C11H23NS. The Morgan fingerprint density at radius 1 is 1.38 bits per heavy atom. The maximum absolute atomic E-state index is 3.61. The van der Waals surface area contributed by atoms with E-state index in [1.54, 1.807) is 0 Å². The molecule has 1 N–H and O–H groups in total. The fourth-order valence-electron chi connectivity index (χ4n) is 1.81. The predicted octanol–water partition coefficient (Wildman–Crippen LogP) is 2.91. The first-order valence-electron chi connectivity index (χ1n) is 5.69. The Morgan fingerprint density at radius 3 is 2.69 bits per heavy atom.